The fraction of sp³-hybridized carbons (Fsp3) is 0.636. The topological polar surface area (TPSA) is 127 Å². The first-order valence-corrected chi connectivity index (χ1v) is 10.4. The third kappa shape index (κ3) is 10.7. The number of benzene rings is 1. The number of carboxylic acids is 1. The van der Waals surface area contributed by atoms with Crippen molar-refractivity contribution in [3.05, 3.63) is 23.8 Å². The molecule has 0 heterocycles. The molecule has 164 valence electrons. The Hall–Kier alpha value is -2.28. The van der Waals surface area contributed by atoms with E-state index in [9.17, 15) is 30.0 Å². The van der Waals surface area contributed by atoms with E-state index in [1.807, 2.05) is 0 Å². The average Bonchev–Trinajstić information content (AvgIpc) is 2.63. The van der Waals surface area contributed by atoms with Gasteiger partial charge < -0.3 is 25.7 Å². The minimum Gasteiger partial charge on any atom is -0.504 e. The van der Waals surface area contributed by atoms with Crippen molar-refractivity contribution in [2.75, 3.05) is 0 Å². The summed E-state index contributed by atoms with van der Waals surface area (Å²) in [6, 6.07) is 2.82. The van der Waals surface area contributed by atoms with Crippen LogP contribution in [-0.4, -0.2) is 44.4 Å². The predicted molar refractivity (Wildman–Crippen MR) is 111 cm³/mol. The molecule has 0 aliphatic rings. The Bertz CT molecular complexity index is 646. The van der Waals surface area contributed by atoms with Gasteiger partial charge in [0, 0.05) is 6.42 Å². The number of phenolic OH excluding ortho intramolecular Hbond substituents is 2. The monoisotopic (exact) mass is 409 g/mol. The molecule has 1 aromatic rings. The summed E-state index contributed by atoms with van der Waals surface area (Å²) in [4.78, 5) is 23.5. The van der Waals surface area contributed by atoms with Crippen molar-refractivity contribution in [1.29, 1.82) is 0 Å². The molecule has 0 fully saturated rings. The largest absolute Gasteiger partial charge is 0.504 e. The summed E-state index contributed by atoms with van der Waals surface area (Å²) in [5.41, 5.74) is 0.464. The van der Waals surface area contributed by atoms with Gasteiger partial charge in [-0.05, 0) is 30.0 Å². The highest BCUT2D eigenvalue weighted by Crippen LogP contribution is 2.25. The summed E-state index contributed by atoms with van der Waals surface area (Å²) in [5.74, 6) is -1.65. The smallest absolute Gasteiger partial charge is 0.326 e. The van der Waals surface area contributed by atoms with E-state index in [0.717, 1.165) is 25.2 Å². The van der Waals surface area contributed by atoms with Crippen LogP contribution < -0.4 is 5.32 Å². The molecule has 0 saturated heterocycles. The standard InChI is InChI=1S/C22H35NO6/c1-15(2)8-6-4-3-5-7-9-17(24)14-21(27)23-18(22(28)29)12-16-10-11-19(25)20(26)13-16/h10-11,13,15,17-18,24-26H,3-9,12,14H2,1-2H3,(H,23,27)(H,28,29)/t17?,18-/m1/s1. The van der Waals surface area contributed by atoms with Crippen molar-refractivity contribution in [3.63, 3.8) is 0 Å². The van der Waals surface area contributed by atoms with Crippen LogP contribution in [0.3, 0.4) is 0 Å². The van der Waals surface area contributed by atoms with Crippen molar-refractivity contribution in [2.45, 2.75) is 83.8 Å². The van der Waals surface area contributed by atoms with Gasteiger partial charge in [0.05, 0.1) is 12.5 Å². The van der Waals surface area contributed by atoms with Crippen LogP contribution in [0.4, 0.5) is 0 Å². The van der Waals surface area contributed by atoms with E-state index in [-0.39, 0.29) is 24.3 Å². The summed E-state index contributed by atoms with van der Waals surface area (Å²) < 4.78 is 0. The van der Waals surface area contributed by atoms with Crippen molar-refractivity contribution in [2.24, 2.45) is 5.92 Å². The third-order valence-electron chi connectivity index (χ3n) is 4.85. The fourth-order valence-corrected chi connectivity index (χ4v) is 3.16. The van der Waals surface area contributed by atoms with Crippen LogP contribution in [0.25, 0.3) is 0 Å². The Kier molecular flexibility index (Phi) is 11.1. The van der Waals surface area contributed by atoms with Crippen LogP contribution in [0.5, 0.6) is 11.5 Å². The first kappa shape index (κ1) is 24.8. The van der Waals surface area contributed by atoms with Crippen molar-refractivity contribution >= 4 is 11.9 Å². The lowest BCUT2D eigenvalue weighted by atomic mass is 10.0. The van der Waals surface area contributed by atoms with Gasteiger partial charge in [0.2, 0.25) is 5.91 Å². The Balaban J connectivity index is 2.33. The Morgan fingerprint density at radius 2 is 1.59 bits per heavy atom. The van der Waals surface area contributed by atoms with Gasteiger partial charge in [-0.15, -0.1) is 0 Å². The summed E-state index contributed by atoms with van der Waals surface area (Å²) in [6.07, 6.45) is 6.14. The summed E-state index contributed by atoms with van der Waals surface area (Å²) in [7, 11) is 0. The lowest BCUT2D eigenvalue weighted by Crippen LogP contribution is -2.43. The second-order valence-electron chi connectivity index (χ2n) is 8.08. The summed E-state index contributed by atoms with van der Waals surface area (Å²) >= 11 is 0. The lowest BCUT2D eigenvalue weighted by molar-refractivity contribution is -0.142. The molecule has 0 aromatic heterocycles. The number of nitrogens with one attached hydrogen (secondary N) is 1. The number of aliphatic hydroxyl groups is 1. The maximum atomic E-state index is 12.1. The van der Waals surface area contributed by atoms with Gasteiger partial charge in [-0.3, -0.25) is 4.79 Å². The number of phenols is 2. The normalized spacial score (nSPS) is 13.2. The molecule has 0 saturated carbocycles. The molecule has 1 rings (SSSR count). The minimum atomic E-state index is -1.21. The third-order valence-corrected chi connectivity index (χ3v) is 4.85. The molecule has 1 aromatic carbocycles. The summed E-state index contributed by atoms with van der Waals surface area (Å²) in [5, 5.41) is 40.6. The molecular weight excluding hydrogens is 374 g/mol. The molecular formula is C22H35NO6. The van der Waals surface area contributed by atoms with E-state index in [2.05, 4.69) is 19.2 Å². The van der Waals surface area contributed by atoms with E-state index in [4.69, 9.17) is 0 Å². The zero-order valence-corrected chi connectivity index (χ0v) is 17.4. The first-order valence-electron chi connectivity index (χ1n) is 10.4. The number of unbranched alkanes of at least 4 members (excludes halogenated alkanes) is 4. The highest BCUT2D eigenvalue weighted by molar-refractivity contribution is 5.84. The van der Waals surface area contributed by atoms with E-state index in [1.54, 1.807) is 0 Å². The predicted octanol–water partition coefficient (Wildman–Crippen LogP) is 3.35. The number of hydrogen-bond acceptors (Lipinski definition) is 5. The van der Waals surface area contributed by atoms with Crippen molar-refractivity contribution in [1.82, 2.24) is 5.32 Å². The van der Waals surface area contributed by atoms with E-state index in [1.165, 1.54) is 37.5 Å². The molecule has 7 heteroatoms. The van der Waals surface area contributed by atoms with E-state index >= 15 is 0 Å². The van der Waals surface area contributed by atoms with Gasteiger partial charge in [-0.2, -0.15) is 0 Å². The number of hydrogen-bond donors (Lipinski definition) is 5. The number of aliphatic hydroxyl groups excluding tert-OH is 1. The highest BCUT2D eigenvalue weighted by atomic mass is 16.4. The zero-order chi connectivity index (χ0) is 21.8. The Morgan fingerprint density at radius 1 is 0.966 bits per heavy atom. The van der Waals surface area contributed by atoms with Crippen LogP contribution in [0.1, 0.15) is 70.8 Å². The average molecular weight is 410 g/mol. The maximum Gasteiger partial charge on any atom is 0.326 e. The molecule has 5 N–H and O–H groups in total. The number of carbonyl (C=O) groups excluding carboxylic acids is 1. The summed E-state index contributed by atoms with van der Waals surface area (Å²) in [6.45, 7) is 4.43. The fourth-order valence-electron chi connectivity index (χ4n) is 3.16. The molecule has 1 unspecified atom stereocenters. The number of rotatable bonds is 14. The number of carboxylic acid groups (broad SMARTS) is 1. The molecule has 0 spiro atoms. The quantitative estimate of drug-likeness (QED) is 0.237. The van der Waals surface area contributed by atoms with Gasteiger partial charge >= 0.3 is 5.97 Å². The van der Waals surface area contributed by atoms with Crippen LogP contribution >= 0.6 is 0 Å². The van der Waals surface area contributed by atoms with Gasteiger partial charge in [-0.25, -0.2) is 4.79 Å². The van der Waals surface area contributed by atoms with Gasteiger partial charge in [0.1, 0.15) is 6.04 Å². The van der Waals surface area contributed by atoms with Gasteiger partial charge in [0.15, 0.2) is 11.5 Å². The first-order chi connectivity index (χ1) is 13.7. The van der Waals surface area contributed by atoms with E-state index in [0.29, 0.717) is 12.0 Å². The highest BCUT2D eigenvalue weighted by Gasteiger charge is 2.22. The van der Waals surface area contributed by atoms with E-state index < -0.39 is 24.0 Å². The SMILES string of the molecule is CC(C)CCCCCCCC(O)CC(=O)N[C@H](Cc1ccc(O)c(O)c1)C(=O)O. The molecule has 0 aliphatic carbocycles. The second kappa shape index (κ2) is 13.0. The molecule has 0 bridgehead atoms. The van der Waals surface area contributed by atoms with Crippen molar-refractivity contribution in [3.8, 4) is 11.5 Å². The van der Waals surface area contributed by atoms with Crippen LogP contribution in [0, 0.1) is 5.92 Å². The van der Waals surface area contributed by atoms with Crippen LogP contribution in [-0.2, 0) is 16.0 Å². The Labute approximate surface area is 172 Å². The molecule has 7 nitrogen and oxygen atoms in total. The molecule has 0 radical (unpaired) electrons. The Morgan fingerprint density at radius 3 is 2.17 bits per heavy atom. The number of carbonyl (C=O) groups is 2. The lowest BCUT2D eigenvalue weighted by Gasteiger charge is -2.17. The molecule has 2 atom stereocenters. The molecule has 29 heavy (non-hydrogen) atoms. The van der Waals surface area contributed by atoms with Gasteiger partial charge in [-0.1, -0.05) is 58.4 Å². The van der Waals surface area contributed by atoms with Crippen LogP contribution in [0.2, 0.25) is 0 Å². The molecule has 1 amide bonds. The van der Waals surface area contributed by atoms with Crippen LogP contribution in [0.15, 0.2) is 18.2 Å². The number of aromatic hydroxyl groups is 2. The number of aliphatic carboxylic acids is 1. The van der Waals surface area contributed by atoms with Gasteiger partial charge in [0.25, 0.3) is 0 Å². The minimum absolute atomic E-state index is 0.0403. The number of amides is 1. The second-order valence-corrected chi connectivity index (χ2v) is 8.08. The molecule has 0 aliphatic heterocycles. The zero-order valence-electron chi connectivity index (χ0n) is 17.4. The van der Waals surface area contributed by atoms with Crippen molar-refractivity contribution < 1.29 is 30.0 Å². The maximum absolute atomic E-state index is 12.1.